The molecular formula is C11H13Cl2N3OS. The summed E-state index contributed by atoms with van der Waals surface area (Å²) >= 11 is 16.9. The second-order valence-corrected chi connectivity index (χ2v) is 4.48. The third kappa shape index (κ3) is 5.18. The van der Waals surface area contributed by atoms with Crippen LogP contribution < -0.4 is 10.7 Å². The van der Waals surface area contributed by atoms with Crippen LogP contribution in [-0.2, 0) is 4.74 Å². The van der Waals surface area contributed by atoms with Crippen molar-refractivity contribution in [2.24, 2.45) is 5.10 Å². The maximum Gasteiger partial charge on any atom is 0.187 e. The fourth-order valence-corrected chi connectivity index (χ4v) is 1.75. The van der Waals surface area contributed by atoms with E-state index in [2.05, 4.69) is 15.8 Å². The van der Waals surface area contributed by atoms with Crippen LogP contribution in [0.15, 0.2) is 23.3 Å². The van der Waals surface area contributed by atoms with Crippen molar-refractivity contribution in [1.29, 1.82) is 0 Å². The van der Waals surface area contributed by atoms with Gasteiger partial charge in [-0.1, -0.05) is 29.3 Å². The number of hydrogen-bond acceptors (Lipinski definition) is 3. The van der Waals surface area contributed by atoms with E-state index in [9.17, 15) is 0 Å². The molecule has 7 heteroatoms. The lowest BCUT2D eigenvalue weighted by molar-refractivity contribution is 0.204. The zero-order valence-electron chi connectivity index (χ0n) is 9.74. The molecule has 4 nitrogen and oxygen atoms in total. The first-order valence-electron chi connectivity index (χ1n) is 5.15. The Balaban J connectivity index is 2.47. The molecule has 0 saturated carbocycles. The Morgan fingerprint density at radius 1 is 1.44 bits per heavy atom. The molecule has 0 bridgehead atoms. The lowest BCUT2D eigenvalue weighted by atomic mass is 10.2. The van der Waals surface area contributed by atoms with Gasteiger partial charge in [-0.05, 0) is 24.4 Å². The van der Waals surface area contributed by atoms with Crippen molar-refractivity contribution >= 4 is 46.7 Å². The maximum absolute atomic E-state index is 5.98. The fraction of sp³-hybridized carbons (Fsp3) is 0.273. The van der Waals surface area contributed by atoms with Gasteiger partial charge in [-0.3, -0.25) is 5.43 Å². The SMILES string of the molecule is COCCNC(=S)N/N=C/c1c(Cl)cccc1Cl. The van der Waals surface area contributed by atoms with E-state index in [1.54, 1.807) is 25.3 Å². The number of ether oxygens (including phenoxy) is 1. The van der Waals surface area contributed by atoms with E-state index in [1.165, 1.54) is 6.21 Å². The Kier molecular flexibility index (Phi) is 6.97. The quantitative estimate of drug-likeness (QED) is 0.380. The normalized spacial score (nSPS) is 10.6. The summed E-state index contributed by atoms with van der Waals surface area (Å²) in [6, 6.07) is 5.25. The molecule has 0 radical (unpaired) electrons. The largest absolute Gasteiger partial charge is 0.383 e. The van der Waals surface area contributed by atoms with Crippen molar-refractivity contribution < 1.29 is 4.74 Å². The summed E-state index contributed by atoms with van der Waals surface area (Å²) in [6.45, 7) is 1.19. The summed E-state index contributed by atoms with van der Waals surface area (Å²) in [6.07, 6.45) is 1.52. The fourth-order valence-electron chi connectivity index (χ4n) is 1.10. The molecule has 2 N–H and O–H groups in total. The average Bonchev–Trinajstić information content (AvgIpc) is 2.33. The number of hydrogen-bond donors (Lipinski definition) is 2. The van der Waals surface area contributed by atoms with Crippen LogP contribution in [0, 0.1) is 0 Å². The van der Waals surface area contributed by atoms with Crippen molar-refractivity contribution in [2.45, 2.75) is 0 Å². The lowest BCUT2D eigenvalue weighted by Crippen LogP contribution is -2.34. The molecule has 98 valence electrons. The van der Waals surface area contributed by atoms with Gasteiger partial charge in [0.2, 0.25) is 0 Å². The van der Waals surface area contributed by atoms with E-state index in [0.717, 1.165) is 0 Å². The van der Waals surface area contributed by atoms with Crippen LogP contribution in [0.2, 0.25) is 10.0 Å². The van der Waals surface area contributed by atoms with Crippen molar-refractivity contribution in [3.8, 4) is 0 Å². The van der Waals surface area contributed by atoms with E-state index in [0.29, 0.717) is 33.9 Å². The number of nitrogens with one attached hydrogen (secondary N) is 2. The molecule has 1 rings (SSSR count). The molecule has 0 aliphatic carbocycles. The highest BCUT2D eigenvalue weighted by atomic mass is 35.5. The number of benzene rings is 1. The number of hydrazone groups is 1. The number of thiocarbonyl (C=S) groups is 1. The molecule has 1 aromatic rings. The molecule has 0 saturated heterocycles. The molecule has 0 unspecified atom stereocenters. The van der Waals surface area contributed by atoms with E-state index in [1.807, 2.05) is 0 Å². The first-order chi connectivity index (χ1) is 8.65. The highest BCUT2D eigenvalue weighted by Crippen LogP contribution is 2.21. The summed E-state index contributed by atoms with van der Waals surface area (Å²) in [5.41, 5.74) is 3.31. The Bertz CT molecular complexity index is 420. The minimum absolute atomic E-state index is 0.409. The minimum Gasteiger partial charge on any atom is -0.383 e. The van der Waals surface area contributed by atoms with Crippen molar-refractivity contribution in [2.75, 3.05) is 20.3 Å². The van der Waals surface area contributed by atoms with Gasteiger partial charge in [0.05, 0.1) is 22.9 Å². The van der Waals surface area contributed by atoms with Gasteiger partial charge in [-0.25, -0.2) is 0 Å². The Morgan fingerprint density at radius 2 is 2.11 bits per heavy atom. The van der Waals surface area contributed by atoms with E-state index >= 15 is 0 Å². The van der Waals surface area contributed by atoms with Crippen LogP contribution in [0.4, 0.5) is 0 Å². The van der Waals surface area contributed by atoms with Gasteiger partial charge in [-0.2, -0.15) is 5.10 Å². The number of rotatable bonds is 5. The third-order valence-electron chi connectivity index (χ3n) is 1.95. The standard InChI is InChI=1S/C11H13Cl2N3OS/c1-17-6-5-14-11(18)16-15-7-8-9(12)3-2-4-10(8)13/h2-4,7H,5-6H2,1H3,(H2,14,16,18)/b15-7+. The molecular weight excluding hydrogens is 293 g/mol. The monoisotopic (exact) mass is 305 g/mol. The molecule has 0 heterocycles. The predicted octanol–water partition coefficient (Wildman–Crippen LogP) is 2.44. The van der Waals surface area contributed by atoms with Gasteiger partial charge in [0.1, 0.15) is 0 Å². The molecule has 18 heavy (non-hydrogen) atoms. The van der Waals surface area contributed by atoms with Gasteiger partial charge in [0, 0.05) is 19.2 Å². The van der Waals surface area contributed by atoms with Crippen LogP contribution in [0.3, 0.4) is 0 Å². The Morgan fingerprint density at radius 3 is 2.72 bits per heavy atom. The van der Waals surface area contributed by atoms with E-state index < -0.39 is 0 Å². The van der Waals surface area contributed by atoms with Gasteiger partial charge in [0.15, 0.2) is 5.11 Å². The second-order valence-electron chi connectivity index (χ2n) is 3.25. The molecule has 0 aromatic heterocycles. The summed E-state index contributed by atoms with van der Waals surface area (Å²) in [7, 11) is 1.62. The molecule has 0 aliphatic rings. The van der Waals surface area contributed by atoms with E-state index in [4.69, 9.17) is 40.2 Å². The van der Waals surface area contributed by atoms with Gasteiger partial charge in [-0.15, -0.1) is 0 Å². The van der Waals surface area contributed by atoms with Crippen LogP contribution in [0.1, 0.15) is 5.56 Å². The van der Waals surface area contributed by atoms with Crippen molar-refractivity contribution in [1.82, 2.24) is 10.7 Å². The predicted molar refractivity (Wildman–Crippen MR) is 79.7 cm³/mol. The van der Waals surface area contributed by atoms with Crippen LogP contribution in [0.5, 0.6) is 0 Å². The molecule has 0 atom stereocenters. The van der Waals surface area contributed by atoms with Crippen LogP contribution in [0.25, 0.3) is 0 Å². The number of methoxy groups -OCH3 is 1. The molecule has 0 amide bonds. The van der Waals surface area contributed by atoms with Crippen LogP contribution >= 0.6 is 35.4 Å². The molecule has 1 aromatic carbocycles. The number of nitrogens with zero attached hydrogens (tertiary/aromatic N) is 1. The minimum atomic E-state index is 0.409. The lowest BCUT2D eigenvalue weighted by Gasteiger charge is -2.06. The number of halogens is 2. The highest BCUT2D eigenvalue weighted by molar-refractivity contribution is 7.80. The molecule has 0 fully saturated rings. The summed E-state index contributed by atoms with van der Waals surface area (Å²) in [5, 5.41) is 8.34. The maximum atomic E-state index is 5.98. The zero-order chi connectivity index (χ0) is 13.4. The molecule has 0 aliphatic heterocycles. The second kappa shape index (κ2) is 8.26. The first kappa shape index (κ1) is 15.2. The summed E-state index contributed by atoms with van der Waals surface area (Å²) in [5.74, 6) is 0. The van der Waals surface area contributed by atoms with Gasteiger partial charge < -0.3 is 10.1 Å². The third-order valence-corrected chi connectivity index (χ3v) is 2.85. The van der Waals surface area contributed by atoms with Gasteiger partial charge in [0.25, 0.3) is 0 Å². The van der Waals surface area contributed by atoms with Crippen molar-refractivity contribution in [3.63, 3.8) is 0 Å². The molecule has 0 spiro atoms. The summed E-state index contributed by atoms with van der Waals surface area (Å²) in [4.78, 5) is 0. The topological polar surface area (TPSA) is 45.6 Å². The highest BCUT2D eigenvalue weighted by Gasteiger charge is 2.01. The van der Waals surface area contributed by atoms with Crippen molar-refractivity contribution in [3.05, 3.63) is 33.8 Å². The average molecular weight is 306 g/mol. The smallest absolute Gasteiger partial charge is 0.187 e. The zero-order valence-corrected chi connectivity index (χ0v) is 12.1. The summed E-state index contributed by atoms with van der Waals surface area (Å²) < 4.78 is 4.87. The Labute approximate surface area is 121 Å². The van der Waals surface area contributed by atoms with Crippen LogP contribution in [-0.4, -0.2) is 31.6 Å². The van der Waals surface area contributed by atoms with Gasteiger partial charge >= 0.3 is 0 Å². The first-order valence-corrected chi connectivity index (χ1v) is 6.31. The van der Waals surface area contributed by atoms with E-state index in [-0.39, 0.29) is 0 Å². The Hall–Kier alpha value is -0.880.